The van der Waals surface area contributed by atoms with Gasteiger partial charge in [-0.15, -0.1) is 0 Å². The molecular formula is C7H11N2O3-. The van der Waals surface area contributed by atoms with E-state index in [0.29, 0.717) is 13.0 Å². The van der Waals surface area contributed by atoms with Crippen LogP contribution in [0, 0.1) is 0 Å². The van der Waals surface area contributed by atoms with Gasteiger partial charge >= 0.3 is 6.03 Å². The van der Waals surface area contributed by atoms with E-state index in [0.717, 1.165) is 6.42 Å². The molecule has 0 aromatic carbocycles. The Hall–Kier alpha value is -1.26. The molecule has 68 valence electrons. The smallest absolute Gasteiger partial charge is 0.317 e. The summed E-state index contributed by atoms with van der Waals surface area (Å²) >= 11 is 0. The van der Waals surface area contributed by atoms with Crippen LogP contribution < -0.4 is 10.4 Å². The highest BCUT2D eigenvalue weighted by Crippen LogP contribution is 2.15. The molecule has 1 fully saturated rings. The average molecular weight is 171 g/mol. The second kappa shape index (κ2) is 3.42. The first-order chi connectivity index (χ1) is 5.66. The molecule has 0 aromatic heterocycles. The number of nitrogens with one attached hydrogen (secondary N) is 1. The second-order valence-corrected chi connectivity index (χ2v) is 2.73. The van der Waals surface area contributed by atoms with Crippen molar-refractivity contribution in [3.05, 3.63) is 0 Å². The lowest BCUT2D eigenvalue weighted by Gasteiger charge is -2.24. The van der Waals surface area contributed by atoms with E-state index in [1.807, 2.05) is 0 Å². The SMILES string of the molecule is CNC(=O)N1CCC[C@H]1C(=O)[O-]. The van der Waals surface area contributed by atoms with E-state index in [9.17, 15) is 14.7 Å². The van der Waals surface area contributed by atoms with E-state index >= 15 is 0 Å². The molecule has 1 rings (SSSR count). The summed E-state index contributed by atoms with van der Waals surface area (Å²) in [4.78, 5) is 22.8. The fourth-order valence-corrected chi connectivity index (χ4v) is 1.40. The van der Waals surface area contributed by atoms with E-state index < -0.39 is 12.0 Å². The number of hydrogen-bond acceptors (Lipinski definition) is 3. The zero-order chi connectivity index (χ0) is 9.14. The molecule has 0 radical (unpaired) electrons. The number of urea groups is 1. The zero-order valence-electron chi connectivity index (χ0n) is 6.87. The van der Waals surface area contributed by atoms with Crippen LogP contribution >= 0.6 is 0 Å². The zero-order valence-corrected chi connectivity index (χ0v) is 6.87. The van der Waals surface area contributed by atoms with E-state index in [4.69, 9.17) is 0 Å². The molecule has 1 aliphatic rings. The summed E-state index contributed by atoms with van der Waals surface area (Å²) < 4.78 is 0. The number of carboxylic acids is 1. The van der Waals surface area contributed by atoms with Gasteiger partial charge in [0, 0.05) is 13.6 Å². The van der Waals surface area contributed by atoms with Crippen molar-refractivity contribution in [1.82, 2.24) is 10.2 Å². The molecule has 2 amide bonds. The van der Waals surface area contributed by atoms with E-state index in [1.54, 1.807) is 0 Å². The lowest BCUT2D eigenvalue weighted by Crippen LogP contribution is -2.49. The Morgan fingerprint density at radius 3 is 2.75 bits per heavy atom. The van der Waals surface area contributed by atoms with Crippen LogP contribution in [0.4, 0.5) is 4.79 Å². The van der Waals surface area contributed by atoms with Crippen LogP contribution in [-0.2, 0) is 4.79 Å². The number of rotatable bonds is 1. The average Bonchev–Trinajstić information content (AvgIpc) is 2.50. The third-order valence-electron chi connectivity index (χ3n) is 2.00. The highest BCUT2D eigenvalue weighted by atomic mass is 16.4. The molecule has 0 bridgehead atoms. The van der Waals surface area contributed by atoms with Crippen molar-refractivity contribution < 1.29 is 14.7 Å². The third-order valence-corrected chi connectivity index (χ3v) is 2.00. The minimum atomic E-state index is -1.17. The summed E-state index contributed by atoms with van der Waals surface area (Å²) in [5, 5.41) is 12.9. The molecule has 1 heterocycles. The molecule has 5 nitrogen and oxygen atoms in total. The predicted molar refractivity (Wildman–Crippen MR) is 39.2 cm³/mol. The van der Waals surface area contributed by atoms with Crippen LogP contribution in [0.3, 0.4) is 0 Å². The Morgan fingerprint density at radius 1 is 1.58 bits per heavy atom. The minimum Gasteiger partial charge on any atom is -0.548 e. The number of amides is 2. The molecule has 1 atom stereocenters. The van der Waals surface area contributed by atoms with Crippen molar-refractivity contribution in [3.8, 4) is 0 Å². The van der Waals surface area contributed by atoms with Crippen molar-refractivity contribution in [2.45, 2.75) is 18.9 Å². The van der Waals surface area contributed by atoms with Crippen LogP contribution in [-0.4, -0.2) is 36.5 Å². The first kappa shape index (κ1) is 8.83. The Bertz CT molecular complexity index is 205. The number of hydrogen-bond donors (Lipinski definition) is 1. The molecule has 1 aliphatic heterocycles. The van der Waals surface area contributed by atoms with Crippen molar-refractivity contribution in [2.75, 3.05) is 13.6 Å². The Morgan fingerprint density at radius 2 is 2.25 bits per heavy atom. The van der Waals surface area contributed by atoms with Gasteiger partial charge in [-0.05, 0) is 12.8 Å². The molecule has 0 spiro atoms. The van der Waals surface area contributed by atoms with Gasteiger partial charge in [0.25, 0.3) is 0 Å². The fourth-order valence-electron chi connectivity index (χ4n) is 1.40. The number of likely N-dealkylation sites (tertiary alicyclic amines) is 1. The largest absolute Gasteiger partial charge is 0.548 e. The quantitative estimate of drug-likeness (QED) is 0.524. The summed E-state index contributed by atoms with van der Waals surface area (Å²) in [6.45, 7) is 0.498. The molecule has 12 heavy (non-hydrogen) atoms. The lowest BCUT2D eigenvalue weighted by atomic mass is 10.2. The van der Waals surface area contributed by atoms with Crippen LogP contribution in [0.25, 0.3) is 0 Å². The van der Waals surface area contributed by atoms with E-state index in [1.165, 1.54) is 11.9 Å². The summed E-state index contributed by atoms with van der Waals surface area (Å²) in [5.41, 5.74) is 0. The molecule has 0 aromatic rings. The molecule has 0 unspecified atom stereocenters. The second-order valence-electron chi connectivity index (χ2n) is 2.73. The number of nitrogens with zero attached hydrogens (tertiary/aromatic N) is 1. The van der Waals surface area contributed by atoms with Crippen molar-refractivity contribution in [2.24, 2.45) is 0 Å². The maximum atomic E-state index is 11.1. The Labute approximate surface area is 70.4 Å². The lowest BCUT2D eigenvalue weighted by molar-refractivity contribution is -0.310. The molecule has 0 aliphatic carbocycles. The normalized spacial score (nSPS) is 22.4. The molecule has 1 saturated heterocycles. The summed E-state index contributed by atoms with van der Waals surface area (Å²) in [7, 11) is 1.48. The fraction of sp³-hybridized carbons (Fsp3) is 0.714. The first-order valence-corrected chi connectivity index (χ1v) is 3.86. The van der Waals surface area contributed by atoms with Crippen LogP contribution in [0.15, 0.2) is 0 Å². The monoisotopic (exact) mass is 171 g/mol. The van der Waals surface area contributed by atoms with Crippen molar-refractivity contribution in [1.29, 1.82) is 0 Å². The van der Waals surface area contributed by atoms with Crippen molar-refractivity contribution in [3.63, 3.8) is 0 Å². The topological polar surface area (TPSA) is 72.5 Å². The van der Waals surface area contributed by atoms with Crippen LogP contribution in [0.5, 0.6) is 0 Å². The number of carbonyl (C=O) groups is 2. The first-order valence-electron chi connectivity index (χ1n) is 3.86. The third kappa shape index (κ3) is 1.49. The van der Waals surface area contributed by atoms with Gasteiger partial charge in [0.1, 0.15) is 0 Å². The molecular weight excluding hydrogens is 160 g/mol. The van der Waals surface area contributed by atoms with Gasteiger partial charge in [-0.3, -0.25) is 0 Å². The van der Waals surface area contributed by atoms with E-state index in [-0.39, 0.29) is 6.03 Å². The summed E-state index contributed by atoms with van der Waals surface area (Å²) in [5.74, 6) is -1.17. The van der Waals surface area contributed by atoms with Crippen LogP contribution in [0.1, 0.15) is 12.8 Å². The Kier molecular flexibility index (Phi) is 2.52. The maximum Gasteiger partial charge on any atom is 0.317 e. The molecule has 5 heteroatoms. The predicted octanol–water partition coefficient (Wildman–Crippen LogP) is -1.46. The minimum absolute atomic E-state index is 0.346. The van der Waals surface area contributed by atoms with Gasteiger partial charge in [-0.1, -0.05) is 0 Å². The van der Waals surface area contributed by atoms with Crippen LogP contribution in [0.2, 0.25) is 0 Å². The van der Waals surface area contributed by atoms with Gasteiger partial charge in [0.15, 0.2) is 0 Å². The van der Waals surface area contributed by atoms with Gasteiger partial charge in [0.05, 0.1) is 12.0 Å². The highest BCUT2D eigenvalue weighted by molar-refractivity contribution is 5.82. The highest BCUT2D eigenvalue weighted by Gasteiger charge is 2.28. The number of aliphatic carboxylic acids is 1. The maximum absolute atomic E-state index is 11.1. The summed E-state index contributed by atoms with van der Waals surface area (Å²) in [6, 6.07) is -1.09. The van der Waals surface area contributed by atoms with Gasteiger partial charge in [-0.2, -0.15) is 0 Å². The van der Waals surface area contributed by atoms with Crippen molar-refractivity contribution >= 4 is 12.0 Å². The molecule has 0 saturated carbocycles. The van der Waals surface area contributed by atoms with E-state index in [2.05, 4.69) is 5.32 Å². The van der Waals surface area contributed by atoms with Gasteiger partial charge in [0.2, 0.25) is 0 Å². The number of carboxylic acid groups (broad SMARTS) is 1. The molecule has 1 N–H and O–H groups in total. The standard InChI is InChI=1S/C7H12N2O3/c1-8-7(12)9-4-2-3-5(9)6(10)11/h5H,2-4H2,1H3,(H,8,12)(H,10,11)/p-1/t5-/m0/s1. The van der Waals surface area contributed by atoms with Gasteiger partial charge < -0.3 is 20.1 Å². The van der Waals surface area contributed by atoms with Gasteiger partial charge in [-0.25, -0.2) is 4.79 Å². The Balaban J connectivity index is 2.63. The number of carbonyl (C=O) groups excluding carboxylic acids is 2. The summed E-state index contributed by atoms with van der Waals surface area (Å²) in [6.07, 6.45) is 1.22.